The van der Waals surface area contributed by atoms with Crippen LogP contribution in [0.2, 0.25) is 0 Å². The van der Waals surface area contributed by atoms with Gasteiger partial charge in [0, 0.05) is 7.05 Å². The number of rotatable bonds is 1. The van der Waals surface area contributed by atoms with E-state index in [0.717, 1.165) is 18.7 Å². The number of hydrogen-bond donors (Lipinski definition) is 1. The summed E-state index contributed by atoms with van der Waals surface area (Å²) in [5.74, 6) is 1.00. The predicted molar refractivity (Wildman–Crippen MR) is 59.9 cm³/mol. The van der Waals surface area contributed by atoms with Crippen molar-refractivity contribution in [3.8, 4) is 0 Å². The number of nitrogens with zero attached hydrogens (tertiary/aromatic N) is 1. The fraction of sp³-hybridized carbons (Fsp3) is 0.364. The van der Waals surface area contributed by atoms with Crippen molar-refractivity contribution in [1.82, 2.24) is 5.32 Å². The van der Waals surface area contributed by atoms with Crippen LogP contribution in [0.25, 0.3) is 0 Å². The van der Waals surface area contributed by atoms with E-state index in [1.54, 1.807) is 0 Å². The van der Waals surface area contributed by atoms with Gasteiger partial charge in [-0.3, -0.25) is 4.99 Å². The van der Waals surface area contributed by atoms with E-state index in [9.17, 15) is 0 Å². The molecule has 2 nitrogen and oxygen atoms in total. The SMILES string of the molecule is C=C.CCC1=CCC=CNC1=NC. The molecule has 0 aromatic heterocycles. The summed E-state index contributed by atoms with van der Waals surface area (Å²) in [5.41, 5.74) is 1.30. The summed E-state index contributed by atoms with van der Waals surface area (Å²) < 4.78 is 0. The second-order valence-electron chi connectivity index (χ2n) is 2.44. The van der Waals surface area contributed by atoms with Crippen molar-refractivity contribution >= 4 is 5.84 Å². The molecule has 0 bridgehead atoms. The van der Waals surface area contributed by atoms with Gasteiger partial charge in [0.1, 0.15) is 5.84 Å². The van der Waals surface area contributed by atoms with Gasteiger partial charge in [0.05, 0.1) is 0 Å². The molecular weight excluding hydrogens is 160 g/mol. The summed E-state index contributed by atoms with van der Waals surface area (Å²) in [6.07, 6.45) is 8.30. The molecule has 2 heteroatoms. The highest BCUT2D eigenvalue weighted by atomic mass is 15.0. The van der Waals surface area contributed by atoms with Crippen molar-refractivity contribution in [2.24, 2.45) is 4.99 Å². The zero-order valence-electron chi connectivity index (χ0n) is 8.51. The van der Waals surface area contributed by atoms with Gasteiger partial charge in [0.15, 0.2) is 0 Å². The van der Waals surface area contributed by atoms with Crippen LogP contribution in [0.5, 0.6) is 0 Å². The summed E-state index contributed by atoms with van der Waals surface area (Å²) in [5, 5.41) is 3.13. The monoisotopic (exact) mass is 178 g/mol. The molecule has 0 atom stereocenters. The Morgan fingerprint density at radius 1 is 1.54 bits per heavy atom. The third kappa shape index (κ3) is 3.74. The molecular formula is C11H18N2. The van der Waals surface area contributed by atoms with E-state index >= 15 is 0 Å². The Morgan fingerprint density at radius 2 is 2.23 bits per heavy atom. The topological polar surface area (TPSA) is 24.4 Å². The quantitative estimate of drug-likeness (QED) is 0.613. The molecule has 1 N–H and O–H groups in total. The molecule has 1 aliphatic rings. The first-order chi connectivity index (χ1) is 6.38. The van der Waals surface area contributed by atoms with Crippen LogP contribution in [-0.2, 0) is 0 Å². The molecule has 0 unspecified atom stereocenters. The summed E-state index contributed by atoms with van der Waals surface area (Å²) in [6, 6.07) is 0. The fourth-order valence-corrected chi connectivity index (χ4v) is 1.13. The minimum absolute atomic E-state index is 1.00. The van der Waals surface area contributed by atoms with Crippen LogP contribution in [-0.4, -0.2) is 12.9 Å². The number of aliphatic imine (C=N–C) groups is 1. The maximum atomic E-state index is 4.15. The smallest absolute Gasteiger partial charge is 0.127 e. The van der Waals surface area contributed by atoms with Crippen molar-refractivity contribution < 1.29 is 0 Å². The van der Waals surface area contributed by atoms with Crippen molar-refractivity contribution in [1.29, 1.82) is 0 Å². The molecule has 1 heterocycles. The van der Waals surface area contributed by atoms with E-state index < -0.39 is 0 Å². The summed E-state index contributed by atoms with van der Waals surface area (Å²) >= 11 is 0. The zero-order chi connectivity index (χ0) is 10.1. The Bertz CT molecular complexity index is 224. The Kier molecular flexibility index (Phi) is 6.60. The first-order valence-corrected chi connectivity index (χ1v) is 4.46. The van der Waals surface area contributed by atoms with Gasteiger partial charge in [-0.25, -0.2) is 0 Å². The van der Waals surface area contributed by atoms with Gasteiger partial charge in [-0.2, -0.15) is 0 Å². The molecule has 0 amide bonds. The highest BCUT2D eigenvalue weighted by molar-refractivity contribution is 5.99. The molecule has 0 fully saturated rings. The van der Waals surface area contributed by atoms with Gasteiger partial charge in [-0.05, 0) is 24.6 Å². The molecule has 0 aliphatic carbocycles. The number of nitrogens with one attached hydrogen (secondary N) is 1. The molecule has 0 radical (unpaired) electrons. The van der Waals surface area contributed by atoms with Gasteiger partial charge in [0.25, 0.3) is 0 Å². The van der Waals surface area contributed by atoms with Crippen LogP contribution >= 0.6 is 0 Å². The van der Waals surface area contributed by atoms with Crippen molar-refractivity contribution in [3.63, 3.8) is 0 Å². The predicted octanol–water partition coefficient (Wildman–Crippen LogP) is 2.66. The second-order valence-corrected chi connectivity index (χ2v) is 2.44. The van der Waals surface area contributed by atoms with E-state index in [-0.39, 0.29) is 0 Å². The van der Waals surface area contributed by atoms with Crippen LogP contribution in [0.4, 0.5) is 0 Å². The summed E-state index contributed by atoms with van der Waals surface area (Å²) in [4.78, 5) is 4.15. The normalized spacial score (nSPS) is 18.0. The zero-order valence-corrected chi connectivity index (χ0v) is 8.51. The fourth-order valence-electron chi connectivity index (χ4n) is 1.13. The van der Waals surface area contributed by atoms with Crippen molar-refractivity contribution in [2.45, 2.75) is 19.8 Å². The van der Waals surface area contributed by atoms with Crippen LogP contribution < -0.4 is 5.32 Å². The summed E-state index contributed by atoms with van der Waals surface area (Å²) in [6.45, 7) is 8.14. The molecule has 0 aromatic carbocycles. The molecule has 72 valence electrons. The maximum absolute atomic E-state index is 4.15. The van der Waals surface area contributed by atoms with E-state index in [2.05, 4.69) is 42.5 Å². The maximum Gasteiger partial charge on any atom is 0.127 e. The molecule has 0 spiro atoms. The number of amidine groups is 1. The van der Waals surface area contributed by atoms with Gasteiger partial charge >= 0.3 is 0 Å². The first kappa shape index (κ1) is 11.7. The minimum atomic E-state index is 1.00. The highest BCUT2D eigenvalue weighted by Crippen LogP contribution is 2.06. The van der Waals surface area contributed by atoms with Crippen LogP contribution in [0.1, 0.15) is 19.8 Å². The van der Waals surface area contributed by atoms with E-state index in [0.29, 0.717) is 0 Å². The van der Waals surface area contributed by atoms with Gasteiger partial charge in [-0.1, -0.05) is 19.1 Å². The Balaban J connectivity index is 0.000000671. The number of allylic oxidation sites excluding steroid dienone is 2. The Hall–Kier alpha value is -1.31. The van der Waals surface area contributed by atoms with E-state index in [1.165, 1.54) is 5.57 Å². The Labute approximate surface area is 80.8 Å². The van der Waals surface area contributed by atoms with Gasteiger partial charge < -0.3 is 5.32 Å². The number of hydrogen-bond acceptors (Lipinski definition) is 1. The summed E-state index contributed by atoms with van der Waals surface area (Å²) in [7, 11) is 1.81. The van der Waals surface area contributed by atoms with Gasteiger partial charge in [0.2, 0.25) is 0 Å². The lowest BCUT2D eigenvalue weighted by molar-refractivity contribution is 1.11. The lowest BCUT2D eigenvalue weighted by Gasteiger charge is -2.05. The molecule has 1 rings (SSSR count). The van der Waals surface area contributed by atoms with Crippen molar-refractivity contribution in [2.75, 3.05) is 7.05 Å². The average Bonchev–Trinajstić information content (AvgIpc) is 2.44. The van der Waals surface area contributed by atoms with Crippen LogP contribution in [0.3, 0.4) is 0 Å². The van der Waals surface area contributed by atoms with E-state index in [1.807, 2.05) is 13.2 Å². The second kappa shape index (κ2) is 7.35. The lowest BCUT2D eigenvalue weighted by atomic mass is 10.1. The molecule has 1 aliphatic heterocycles. The molecule has 0 saturated carbocycles. The van der Waals surface area contributed by atoms with Gasteiger partial charge in [-0.15, -0.1) is 13.2 Å². The molecule has 0 saturated heterocycles. The van der Waals surface area contributed by atoms with Crippen LogP contribution in [0, 0.1) is 0 Å². The highest BCUT2D eigenvalue weighted by Gasteiger charge is 2.02. The standard InChI is InChI=1S/C9H14N2.C2H4/c1-3-8-6-4-5-7-11-9(8)10-2;1-2/h5-7H,3-4H2,1-2H3,(H,10,11);1-2H2. The lowest BCUT2D eigenvalue weighted by Crippen LogP contribution is -2.18. The largest absolute Gasteiger partial charge is 0.347 e. The Morgan fingerprint density at radius 3 is 2.77 bits per heavy atom. The first-order valence-electron chi connectivity index (χ1n) is 4.46. The third-order valence-corrected chi connectivity index (χ3v) is 1.75. The molecule has 13 heavy (non-hydrogen) atoms. The molecule has 0 aromatic rings. The van der Waals surface area contributed by atoms with Crippen molar-refractivity contribution in [3.05, 3.63) is 37.1 Å². The minimum Gasteiger partial charge on any atom is -0.347 e. The average molecular weight is 178 g/mol. The van der Waals surface area contributed by atoms with Crippen LogP contribution in [0.15, 0.2) is 42.1 Å². The van der Waals surface area contributed by atoms with E-state index in [4.69, 9.17) is 0 Å². The third-order valence-electron chi connectivity index (χ3n) is 1.75.